The molecule has 0 unspecified atom stereocenters. The third-order valence-electron chi connectivity index (χ3n) is 3.21. The van der Waals surface area contributed by atoms with Gasteiger partial charge in [-0.3, -0.25) is 0 Å². The molecule has 0 saturated heterocycles. The Kier molecular flexibility index (Phi) is 5.00. The third-order valence-corrected chi connectivity index (χ3v) is 3.21. The number of rotatable bonds is 5. The zero-order chi connectivity index (χ0) is 16.1. The second-order valence-electron chi connectivity index (χ2n) is 4.79. The van der Waals surface area contributed by atoms with Crippen LogP contribution in [0.15, 0.2) is 35.5 Å². The molecular weight excluding hydrogens is 288 g/mol. The number of phenols is 1. The topological polar surface area (TPSA) is 96.9 Å². The summed E-state index contributed by atoms with van der Waals surface area (Å²) in [6, 6.07) is 5.26. The summed E-state index contributed by atoms with van der Waals surface area (Å²) < 4.78 is 9.97. The number of urea groups is 1. The van der Waals surface area contributed by atoms with Gasteiger partial charge in [-0.25, -0.2) is 9.59 Å². The number of amides is 2. The van der Waals surface area contributed by atoms with E-state index >= 15 is 0 Å². The number of nitrogens with one attached hydrogen (secondary N) is 2. The minimum atomic E-state index is -0.684. The van der Waals surface area contributed by atoms with Crippen LogP contribution in [-0.2, 0) is 14.3 Å². The molecule has 1 aliphatic heterocycles. The van der Waals surface area contributed by atoms with Gasteiger partial charge in [0.2, 0.25) is 0 Å². The molecule has 0 fully saturated rings. The van der Waals surface area contributed by atoms with Crippen molar-refractivity contribution in [3.05, 3.63) is 41.1 Å². The van der Waals surface area contributed by atoms with Gasteiger partial charge in [-0.15, -0.1) is 0 Å². The Bertz CT molecular complexity index is 612. The van der Waals surface area contributed by atoms with E-state index in [0.717, 1.165) is 0 Å². The fourth-order valence-electron chi connectivity index (χ4n) is 2.21. The van der Waals surface area contributed by atoms with E-state index in [-0.39, 0.29) is 19.0 Å². The van der Waals surface area contributed by atoms with E-state index < -0.39 is 18.0 Å². The molecular formula is C15H18N2O5. The first-order chi connectivity index (χ1) is 10.5. The van der Waals surface area contributed by atoms with Crippen molar-refractivity contribution in [2.75, 3.05) is 20.3 Å². The number of benzene rings is 1. The maximum Gasteiger partial charge on any atom is 0.338 e. The zero-order valence-corrected chi connectivity index (χ0v) is 12.4. The summed E-state index contributed by atoms with van der Waals surface area (Å²) >= 11 is 0. The minimum absolute atomic E-state index is 0.0510. The van der Waals surface area contributed by atoms with Crippen LogP contribution >= 0.6 is 0 Å². The van der Waals surface area contributed by atoms with Gasteiger partial charge in [0.05, 0.1) is 18.2 Å². The highest BCUT2D eigenvalue weighted by molar-refractivity contribution is 5.95. The Morgan fingerprint density at radius 1 is 1.36 bits per heavy atom. The molecule has 1 atom stereocenters. The molecule has 3 N–H and O–H groups in total. The van der Waals surface area contributed by atoms with Crippen LogP contribution in [0.2, 0.25) is 0 Å². The van der Waals surface area contributed by atoms with Crippen molar-refractivity contribution >= 4 is 12.0 Å². The number of hydrogen-bond donors (Lipinski definition) is 3. The van der Waals surface area contributed by atoms with Crippen LogP contribution in [0.4, 0.5) is 4.79 Å². The van der Waals surface area contributed by atoms with E-state index in [2.05, 4.69) is 10.6 Å². The fourth-order valence-corrected chi connectivity index (χ4v) is 2.21. The van der Waals surface area contributed by atoms with Gasteiger partial charge in [0.25, 0.3) is 0 Å². The molecule has 7 heteroatoms. The molecule has 7 nitrogen and oxygen atoms in total. The van der Waals surface area contributed by atoms with Gasteiger partial charge >= 0.3 is 12.0 Å². The summed E-state index contributed by atoms with van der Waals surface area (Å²) in [5.41, 5.74) is 1.30. The first-order valence-electron chi connectivity index (χ1n) is 6.76. The van der Waals surface area contributed by atoms with Gasteiger partial charge in [0.15, 0.2) is 0 Å². The van der Waals surface area contributed by atoms with Crippen molar-refractivity contribution in [2.24, 2.45) is 0 Å². The van der Waals surface area contributed by atoms with E-state index in [1.165, 1.54) is 19.2 Å². The zero-order valence-electron chi connectivity index (χ0n) is 12.4. The number of esters is 1. The van der Waals surface area contributed by atoms with E-state index in [9.17, 15) is 14.7 Å². The molecule has 0 spiro atoms. The maximum absolute atomic E-state index is 12.3. The first kappa shape index (κ1) is 15.8. The average Bonchev–Trinajstić information content (AvgIpc) is 2.46. The largest absolute Gasteiger partial charge is 0.508 e. The van der Waals surface area contributed by atoms with Gasteiger partial charge < -0.3 is 25.2 Å². The molecule has 1 heterocycles. The van der Waals surface area contributed by atoms with Crippen LogP contribution in [0.25, 0.3) is 0 Å². The number of aromatic hydroxyl groups is 1. The monoisotopic (exact) mass is 306 g/mol. The van der Waals surface area contributed by atoms with E-state index in [1.807, 2.05) is 0 Å². The van der Waals surface area contributed by atoms with Crippen LogP contribution in [-0.4, -0.2) is 37.4 Å². The molecule has 22 heavy (non-hydrogen) atoms. The summed E-state index contributed by atoms with van der Waals surface area (Å²) in [5, 5.41) is 14.8. The molecule has 1 aromatic rings. The number of phenolic OH excluding ortho intramolecular Hbond substituents is 1. The predicted molar refractivity (Wildman–Crippen MR) is 78.1 cm³/mol. The number of methoxy groups -OCH3 is 1. The summed E-state index contributed by atoms with van der Waals surface area (Å²) in [6.07, 6.45) is 0. The minimum Gasteiger partial charge on any atom is -0.508 e. The molecule has 1 aliphatic rings. The summed E-state index contributed by atoms with van der Waals surface area (Å²) in [4.78, 5) is 23.9. The van der Waals surface area contributed by atoms with Crippen LogP contribution < -0.4 is 10.6 Å². The van der Waals surface area contributed by atoms with Gasteiger partial charge in [-0.05, 0) is 24.6 Å². The van der Waals surface area contributed by atoms with Crippen molar-refractivity contribution in [2.45, 2.75) is 13.0 Å². The SMILES string of the molecule is COCCOC(=O)C1=C(C)NC(=O)N[C@H]1c1cccc(O)c1. The molecule has 1 aromatic carbocycles. The molecule has 2 rings (SSSR count). The Morgan fingerprint density at radius 2 is 2.14 bits per heavy atom. The van der Waals surface area contributed by atoms with E-state index in [0.29, 0.717) is 16.8 Å². The van der Waals surface area contributed by atoms with Gasteiger partial charge in [0, 0.05) is 12.8 Å². The molecule has 118 valence electrons. The maximum atomic E-state index is 12.3. The van der Waals surface area contributed by atoms with Crippen molar-refractivity contribution in [3.63, 3.8) is 0 Å². The normalized spacial score (nSPS) is 17.7. The van der Waals surface area contributed by atoms with Gasteiger partial charge in [0.1, 0.15) is 12.4 Å². The average molecular weight is 306 g/mol. The van der Waals surface area contributed by atoms with Gasteiger partial charge in [-0.2, -0.15) is 0 Å². The molecule has 0 saturated carbocycles. The highest BCUT2D eigenvalue weighted by Gasteiger charge is 2.32. The third kappa shape index (κ3) is 3.56. The lowest BCUT2D eigenvalue weighted by Crippen LogP contribution is -2.45. The Morgan fingerprint density at radius 3 is 2.82 bits per heavy atom. The lowest BCUT2D eigenvalue weighted by Gasteiger charge is -2.28. The number of hydrogen-bond acceptors (Lipinski definition) is 5. The van der Waals surface area contributed by atoms with Crippen LogP contribution in [0.3, 0.4) is 0 Å². The smallest absolute Gasteiger partial charge is 0.338 e. The Labute approximate surface area is 127 Å². The Balaban J connectivity index is 2.30. The number of carbonyl (C=O) groups excluding carboxylic acids is 2. The van der Waals surface area contributed by atoms with Crippen LogP contribution in [0.1, 0.15) is 18.5 Å². The highest BCUT2D eigenvalue weighted by atomic mass is 16.6. The molecule has 0 bridgehead atoms. The molecule has 0 radical (unpaired) electrons. The van der Waals surface area contributed by atoms with Crippen molar-refractivity contribution < 1.29 is 24.2 Å². The quantitative estimate of drug-likeness (QED) is 0.561. The number of carbonyl (C=O) groups is 2. The lowest BCUT2D eigenvalue weighted by molar-refractivity contribution is -0.140. The predicted octanol–water partition coefficient (Wildman–Crippen LogP) is 1.21. The van der Waals surface area contributed by atoms with Crippen LogP contribution in [0, 0.1) is 0 Å². The lowest BCUT2D eigenvalue weighted by atomic mass is 9.95. The van der Waals surface area contributed by atoms with E-state index in [4.69, 9.17) is 9.47 Å². The number of ether oxygens (including phenoxy) is 2. The van der Waals surface area contributed by atoms with Gasteiger partial charge in [-0.1, -0.05) is 12.1 Å². The number of allylic oxidation sites excluding steroid dienone is 1. The summed E-state index contributed by atoms with van der Waals surface area (Å²) in [5.74, 6) is -0.495. The Hall–Kier alpha value is -2.54. The summed E-state index contributed by atoms with van der Waals surface area (Å²) in [6.45, 7) is 2.03. The van der Waals surface area contributed by atoms with Crippen molar-refractivity contribution in [1.29, 1.82) is 0 Å². The first-order valence-corrected chi connectivity index (χ1v) is 6.76. The van der Waals surface area contributed by atoms with Crippen molar-refractivity contribution in [1.82, 2.24) is 10.6 Å². The van der Waals surface area contributed by atoms with Crippen LogP contribution in [0.5, 0.6) is 5.75 Å². The fraction of sp³-hybridized carbons (Fsp3) is 0.333. The molecule has 0 aliphatic carbocycles. The molecule has 2 amide bonds. The van der Waals surface area contributed by atoms with E-state index in [1.54, 1.807) is 19.1 Å². The second-order valence-corrected chi connectivity index (χ2v) is 4.79. The van der Waals surface area contributed by atoms with Crippen molar-refractivity contribution in [3.8, 4) is 5.75 Å². The summed E-state index contributed by atoms with van der Waals surface area (Å²) in [7, 11) is 1.51. The molecule has 0 aromatic heterocycles. The highest BCUT2D eigenvalue weighted by Crippen LogP contribution is 2.29. The standard InChI is InChI=1S/C15H18N2O5/c1-9-12(14(19)22-7-6-21-2)13(17-15(20)16-9)10-4-3-5-11(18)8-10/h3-5,8,13,18H,6-7H2,1-2H3,(H2,16,17,20)/t13-/m0/s1. The second kappa shape index (κ2) is 6.95.